The number of fused-ring (bicyclic) bond motifs is 3. The molecule has 2 aromatic carbocycles. The topological polar surface area (TPSA) is 67.8 Å². The lowest BCUT2D eigenvalue weighted by molar-refractivity contribution is 1.54. The summed E-state index contributed by atoms with van der Waals surface area (Å²) in [5, 5.41) is 2.29. The van der Waals surface area contributed by atoms with E-state index < -0.39 is 0 Å². The number of nitrogens with two attached hydrogens (primary N) is 2. The van der Waals surface area contributed by atoms with Crippen molar-refractivity contribution in [3.05, 3.63) is 33.9 Å². The number of aromatic nitrogens is 1. The number of nitrogens with one attached hydrogen (secondary N) is 1. The van der Waals surface area contributed by atoms with Gasteiger partial charge in [0.15, 0.2) is 0 Å². The number of hydrogen-bond donors (Lipinski definition) is 3. The molecule has 0 spiro atoms. The van der Waals surface area contributed by atoms with Crippen LogP contribution in [-0.2, 0) is 0 Å². The van der Waals surface area contributed by atoms with Crippen molar-refractivity contribution in [3.8, 4) is 0 Å². The van der Waals surface area contributed by atoms with Gasteiger partial charge in [-0.3, -0.25) is 0 Å². The molecule has 0 aliphatic heterocycles. The van der Waals surface area contributed by atoms with Crippen LogP contribution in [0, 0.1) is 3.57 Å². The predicted octanol–water partition coefficient (Wildman–Crippen LogP) is 3.09. The molecule has 4 heteroatoms. The summed E-state index contributed by atoms with van der Waals surface area (Å²) in [6.07, 6.45) is 0. The van der Waals surface area contributed by atoms with Gasteiger partial charge >= 0.3 is 0 Å². The van der Waals surface area contributed by atoms with E-state index in [0.717, 1.165) is 36.8 Å². The van der Waals surface area contributed by atoms with Crippen LogP contribution in [0.2, 0.25) is 0 Å². The lowest BCUT2D eigenvalue weighted by Gasteiger charge is -2.00. The summed E-state index contributed by atoms with van der Waals surface area (Å²) in [7, 11) is 0. The summed E-state index contributed by atoms with van der Waals surface area (Å²) >= 11 is 2.27. The highest BCUT2D eigenvalue weighted by Gasteiger charge is 2.09. The van der Waals surface area contributed by atoms with Crippen LogP contribution in [0.3, 0.4) is 0 Å². The lowest BCUT2D eigenvalue weighted by atomic mass is 10.1. The highest BCUT2D eigenvalue weighted by Crippen LogP contribution is 2.33. The molecule has 0 bridgehead atoms. The van der Waals surface area contributed by atoms with E-state index in [9.17, 15) is 0 Å². The third kappa shape index (κ3) is 1.26. The minimum Gasteiger partial charge on any atom is -0.399 e. The van der Waals surface area contributed by atoms with Gasteiger partial charge in [-0.25, -0.2) is 0 Å². The fourth-order valence-corrected chi connectivity index (χ4v) is 2.74. The van der Waals surface area contributed by atoms with E-state index in [1.54, 1.807) is 0 Å². The standard InChI is InChI=1S/C12H10IN3/c13-12-8(15)2-4-10-11(12)7-5-6(14)1-3-9(7)16-10/h1-5,16H,14-15H2. The normalized spacial score (nSPS) is 11.3. The van der Waals surface area contributed by atoms with E-state index in [4.69, 9.17) is 11.5 Å². The van der Waals surface area contributed by atoms with Crippen LogP contribution < -0.4 is 11.5 Å². The first kappa shape index (κ1) is 9.77. The van der Waals surface area contributed by atoms with Gasteiger partial charge in [0.05, 0.1) is 0 Å². The van der Waals surface area contributed by atoms with E-state index in [-0.39, 0.29) is 0 Å². The first-order chi connectivity index (χ1) is 7.66. The molecule has 16 heavy (non-hydrogen) atoms. The molecule has 0 fully saturated rings. The van der Waals surface area contributed by atoms with Crippen molar-refractivity contribution in [2.24, 2.45) is 0 Å². The summed E-state index contributed by atoms with van der Waals surface area (Å²) in [4.78, 5) is 3.36. The van der Waals surface area contributed by atoms with Gasteiger partial charge in [-0.05, 0) is 52.9 Å². The van der Waals surface area contributed by atoms with Gasteiger partial charge in [-0.1, -0.05) is 0 Å². The molecule has 5 N–H and O–H groups in total. The van der Waals surface area contributed by atoms with Gasteiger partial charge in [0.2, 0.25) is 0 Å². The molecule has 0 aliphatic rings. The van der Waals surface area contributed by atoms with Crippen molar-refractivity contribution >= 4 is 55.8 Å². The molecule has 0 saturated carbocycles. The fraction of sp³-hybridized carbons (Fsp3) is 0. The second-order valence-electron chi connectivity index (χ2n) is 3.82. The van der Waals surface area contributed by atoms with Gasteiger partial charge in [-0.15, -0.1) is 0 Å². The molecule has 1 aromatic heterocycles. The molecule has 0 atom stereocenters. The quantitative estimate of drug-likeness (QED) is 0.440. The summed E-state index contributed by atoms with van der Waals surface area (Å²) in [6, 6.07) is 9.80. The molecule has 3 nitrogen and oxygen atoms in total. The van der Waals surface area contributed by atoms with E-state index in [0.29, 0.717) is 0 Å². The molecule has 3 aromatic rings. The maximum absolute atomic E-state index is 5.92. The van der Waals surface area contributed by atoms with Crippen LogP contribution in [0.5, 0.6) is 0 Å². The molecule has 0 amide bonds. The maximum atomic E-state index is 5.92. The van der Waals surface area contributed by atoms with E-state index >= 15 is 0 Å². The number of hydrogen-bond acceptors (Lipinski definition) is 2. The van der Waals surface area contributed by atoms with Crippen LogP contribution >= 0.6 is 22.6 Å². The van der Waals surface area contributed by atoms with Crippen molar-refractivity contribution < 1.29 is 0 Å². The number of H-pyrrole nitrogens is 1. The Labute approximate surface area is 106 Å². The van der Waals surface area contributed by atoms with Gasteiger partial charge in [0, 0.05) is 36.8 Å². The Balaban J connectivity index is 2.60. The Bertz CT molecular complexity index is 700. The Kier molecular flexibility index (Phi) is 2.00. The zero-order chi connectivity index (χ0) is 11.3. The van der Waals surface area contributed by atoms with Crippen molar-refractivity contribution in [2.45, 2.75) is 0 Å². The number of rotatable bonds is 0. The third-order valence-electron chi connectivity index (χ3n) is 2.75. The number of benzene rings is 2. The number of aromatic amines is 1. The Hall–Kier alpha value is -1.43. The third-order valence-corrected chi connectivity index (χ3v) is 3.92. The summed E-state index contributed by atoms with van der Waals surface area (Å²) in [5.74, 6) is 0. The zero-order valence-corrected chi connectivity index (χ0v) is 10.6. The number of halogens is 1. The Morgan fingerprint density at radius 1 is 1.00 bits per heavy atom. The molecule has 0 saturated heterocycles. The minimum atomic E-state index is 0.770. The molecule has 0 radical (unpaired) electrons. The summed E-state index contributed by atoms with van der Waals surface area (Å²) in [5.41, 5.74) is 15.5. The van der Waals surface area contributed by atoms with Gasteiger partial charge in [0.1, 0.15) is 0 Å². The maximum Gasteiger partial charge on any atom is 0.0477 e. The first-order valence-corrected chi connectivity index (χ1v) is 5.99. The SMILES string of the molecule is Nc1ccc2[nH]c3ccc(N)c(I)c3c2c1. The molecular formula is C12H10IN3. The monoisotopic (exact) mass is 323 g/mol. The largest absolute Gasteiger partial charge is 0.399 e. The van der Waals surface area contributed by atoms with E-state index in [2.05, 4.69) is 27.6 Å². The molecular weight excluding hydrogens is 313 g/mol. The fourth-order valence-electron chi connectivity index (χ4n) is 1.98. The van der Waals surface area contributed by atoms with Crippen LogP contribution in [0.25, 0.3) is 21.8 Å². The average Bonchev–Trinajstić information content (AvgIpc) is 2.62. The van der Waals surface area contributed by atoms with Gasteiger partial charge in [0.25, 0.3) is 0 Å². The number of nitrogen functional groups attached to an aromatic ring is 2. The zero-order valence-electron chi connectivity index (χ0n) is 8.42. The average molecular weight is 323 g/mol. The highest BCUT2D eigenvalue weighted by atomic mass is 127. The molecule has 80 valence electrons. The molecule has 3 rings (SSSR count). The Morgan fingerprint density at radius 3 is 2.56 bits per heavy atom. The second-order valence-corrected chi connectivity index (χ2v) is 4.90. The van der Waals surface area contributed by atoms with Crippen molar-refractivity contribution in [2.75, 3.05) is 11.5 Å². The van der Waals surface area contributed by atoms with E-state index in [1.807, 2.05) is 30.3 Å². The smallest absolute Gasteiger partial charge is 0.0477 e. The Morgan fingerprint density at radius 2 is 1.75 bits per heavy atom. The molecule has 1 heterocycles. The summed E-state index contributed by atoms with van der Waals surface area (Å²) < 4.78 is 1.08. The van der Waals surface area contributed by atoms with Crippen LogP contribution in [0.1, 0.15) is 0 Å². The van der Waals surface area contributed by atoms with Crippen molar-refractivity contribution in [3.63, 3.8) is 0 Å². The lowest BCUT2D eigenvalue weighted by Crippen LogP contribution is -1.89. The predicted molar refractivity (Wildman–Crippen MR) is 77.3 cm³/mol. The van der Waals surface area contributed by atoms with Crippen molar-refractivity contribution in [1.29, 1.82) is 0 Å². The molecule has 0 unspecified atom stereocenters. The summed E-state index contributed by atoms with van der Waals surface area (Å²) in [6.45, 7) is 0. The van der Waals surface area contributed by atoms with Crippen molar-refractivity contribution in [1.82, 2.24) is 4.98 Å². The minimum absolute atomic E-state index is 0.770. The highest BCUT2D eigenvalue weighted by molar-refractivity contribution is 14.1. The van der Waals surface area contributed by atoms with Crippen LogP contribution in [0.15, 0.2) is 30.3 Å². The van der Waals surface area contributed by atoms with Gasteiger partial charge < -0.3 is 16.5 Å². The van der Waals surface area contributed by atoms with Crippen LogP contribution in [0.4, 0.5) is 11.4 Å². The van der Waals surface area contributed by atoms with E-state index in [1.165, 1.54) is 0 Å². The van der Waals surface area contributed by atoms with Gasteiger partial charge in [-0.2, -0.15) is 0 Å². The molecule has 0 aliphatic carbocycles. The number of anilines is 2. The second kappa shape index (κ2) is 3.28. The first-order valence-electron chi connectivity index (χ1n) is 4.92. The van der Waals surface area contributed by atoms with Crippen LogP contribution in [-0.4, -0.2) is 4.98 Å².